The van der Waals surface area contributed by atoms with Crippen molar-refractivity contribution in [2.75, 3.05) is 26.2 Å². The predicted octanol–water partition coefficient (Wildman–Crippen LogP) is 1.08. The lowest BCUT2D eigenvalue weighted by Gasteiger charge is -2.35. The van der Waals surface area contributed by atoms with Gasteiger partial charge in [0.25, 0.3) is 11.8 Å². The van der Waals surface area contributed by atoms with E-state index in [1.54, 1.807) is 9.80 Å². The summed E-state index contributed by atoms with van der Waals surface area (Å²) in [6.45, 7) is 1.72. The third-order valence-corrected chi connectivity index (χ3v) is 5.21. The molecule has 2 amide bonds. The Bertz CT molecular complexity index is 851. The molecule has 2 fully saturated rings. The third kappa shape index (κ3) is 3.40. The van der Waals surface area contributed by atoms with Gasteiger partial charge in [0.15, 0.2) is 6.10 Å². The summed E-state index contributed by atoms with van der Waals surface area (Å²) in [6, 6.07) is 9.56. The molecule has 0 aliphatic carbocycles. The molecule has 8 nitrogen and oxygen atoms in total. The molecule has 2 aliphatic heterocycles. The van der Waals surface area contributed by atoms with E-state index in [9.17, 15) is 14.4 Å². The van der Waals surface area contributed by atoms with E-state index in [0.717, 1.165) is 10.9 Å². The fourth-order valence-corrected chi connectivity index (χ4v) is 3.69. The molecular weight excluding hydrogens is 350 g/mol. The van der Waals surface area contributed by atoms with Crippen molar-refractivity contribution < 1.29 is 24.2 Å². The number of H-pyrrole nitrogens is 1. The van der Waals surface area contributed by atoms with Crippen LogP contribution in [0.4, 0.5) is 0 Å². The minimum absolute atomic E-state index is 0.0821. The number of ether oxygens (including phenoxy) is 1. The van der Waals surface area contributed by atoms with Crippen molar-refractivity contribution in [3.05, 3.63) is 36.0 Å². The number of carboxylic acid groups (broad SMARTS) is 1. The third-order valence-electron chi connectivity index (χ3n) is 5.21. The number of carbonyl (C=O) groups excluding carboxylic acids is 2. The van der Waals surface area contributed by atoms with Gasteiger partial charge in [0.2, 0.25) is 0 Å². The van der Waals surface area contributed by atoms with E-state index in [4.69, 9.17) is 9.84 Å². The van der Waals surface area contributed by atoms with Crippen molar-refractivity contribution in [1.29, 1.82) is 0 Å². The Morgan fingerprint density at radius 1 is 1.00 bits per heavy atom. The van der Waals surface area contributed by atoms with Gasteiger partial charge in [0.05, 0.1) is 0 Å². The van der Waals surface area contributed by atoms with Crippen molar-refractivity contribution in [2.24, 2.45) is 0 Å². The normalized spacial score (nSPS) is 23.0. The van der Waals surface area contributed by atoms with E-state index in [-0.39, 0.29) is 11.8 Å². The van der Waals surface area contributed by atoms with Gasteiger partial charge >= 0.3 is 5.97 Å². The van der Waals surface area contributed by atoms with Crippen LogP contribution in [0, 0.1) is 0 Å². The van der Waals surface area contributed by atoms with E-state index >= 15 is 0 Å². The first-order valence-electron chi connectivity index (χ1n) is 9.07. The van der Waals surface area contributed by atoms with Gasteiger partial charge in [-0.1, -0.05) is 18.2 Å². The molecule has 3 heterocycles. The van der Waals surface area contributed by atoms with Crippen molar-refractivity contribution in [3.8, 4) is 0 Å². The van der Waals surface area contributed by atoms with Gasteiger partial charge in [-0.15, -0.1) is 0 Å². The van der Waals surface area contributed by atoms with E-state index in [1.165, 1.54) is 0 Å². The molecule has 0 spiro atoms. The largest absolute Gasteiger partial charge is 0.479 e. The number of nitrogens with one attached hydrogen (secondary N) is 1. The van der Waals surface area contributed by atoms with Crippen LogP contribution in [0.25, 0.3) is 10.9 Å². The number of nitrogens with zero attached hydrogens (tertiary/aromatic N) is 2. The molecule has 2 N–H and O–H groups in total. The van der Waals surface area contributed by atoms with Crippen LogP contribution in [0.15, 0.2) is 30.3 Å². The van der Waals surface area contributed by atoms with Crippen molar-refractivity contribution in [1.82, 2.24) is 14.8 Å². The van der Waals surface area contributed by atoms with Crippen LogP contribution in [0.2, 0.25) is 0 Å². The summed E-state index contributed by atoms with van der Waals surface area (Å²) in [5, 5.41) is 9.97. The molecule has 27 heavy (non-hydrogen) atoms. The molecule has 0 unspecified atom stereocenters. The zero-order valence-electron chi connectivity index (χ0n) is 14.8. The number of fused-ring (bicyclic) bond motifs is 1. The lowest BCUT2D eigenvalue weighted by Crippen LogP contribution is -2.53. The minimum atomic E-state index is -1.03. The molecule has 1 aromatic heterocycles. The molecule has 142 valence electrons. The maximum Gasteiger partial charge on any atom is 0.332 e. The molecule has 0 radical (unpaired) electrons. The summed E-state index contributed by atoms with van der Waals surface area (Å²) < 4.78 is 5.34. The highest BCUT2D eigenvalue weighted by Crippen LogP contribution is 2.23. The quantitative estimate of drug-likeness (QED) is 0.841. The van der Waals surface area contributed by atoms with Gasteiger partial charge in [0, 0.05) is 37.1 Å². The van der Waals surface area contributed by atoms with Gasteiger partial charge in [-0.3, -0.25) is 9.59 Å². The number of carbonyl (C=O) groups is 3. The van der Waals surface area contributed by atoms with Crippen molar-refractivity contribution >= 4 is 28.7 Å². The number of benzene rings is 1. The fourth-order valence-electron chi connectivity index (χ4n) is 3.69. The smallest absolute Gasteiger partial charge is 0.332 e. The first kappa shape index (κ1) is 17.5. The Morgan fingerprint density at radius 3 is 2.33 bits per heavy atom. The second-order valence-corrected chi connectivity index (χ2v) is 6.92. The van der Waals surface area contributed by atoms with Gasteiger partial charge in [-0.2, -0.15) is 0 Å². The van der Waals surface area contributed by atoms with E-state index in [1.807, 2.05) is 30.3 Å². The van der Waals surface area contributed by atoms with E-state index in [0.29, 0.717) is 44.7 Å². The first-order chi connectivity index (χ1) is 13.0. The number of hydrogen-bond acceptors (Lipinski definition) is 4. The van der Waals surface area contributed by atoms with Crippen LogP contribution in [0.3, 0.4) is 0 Å². The number of para-hydroxylation sites is 1. The Kier molecular flexibility index (Phi) is 4.57. The Balaban J connectivity index is 1.35. The molecule has 2 saturated heterocycles. The Hall–Kier alpha value is -2.87. The summed E-state index contributed by atoms with van der Waals surface area (Å²) in [6.07, 6.45) is -0.819. The highest BCUT2D eigenvalue weighted by atomic mass is 16.5. The van der Waals surface area contributed by atoms with Crippen LogP contribution in [0.5, 0.6) is 0 Å². The lowest BCUT2D eigenvalue weighted by atomic mass is 10.1. The number of amides is 2. The second-order valence-electron chi connectivity index (χ2n) is 6.92. The van der Waals surface area contributed by atoms with Crippen LogP contribution in [-0.2, 0) is 14.3 Å². The molecule has 0 saturated carbocycles. The highest BCUT2D eigenvalue weighted by molar-refractivity contribution is 5.98. The Morgan fingerprint density at radius 2 is 1.67 bits per heavy atom. The van der Waals surface area contributed by atoms with Crippen LogP contribution >= 0.6 is 0 Å². The monoisotopic (exact) mass is 371 g/mol. The van der Waals surface area contributed by atoms with Gasteiger partial charge in [0.1, 0.15) is 11.8 Å². The first-order valence-corrected chi connectivity index (χ1v) is 9.07. The summed E-state index contributed by atoms with van der Waals surface area (Å²) in [4.78, 5) is 42.7. The fraction of sp³-hybridized carbons (Fsp3) is 0.421. The van der Waals surface area contributed by atoms with E-state index in [2.05, 4.69) is 4.98 Å². The lowest BCUT2D eigenvalue weighted by molar-refractivity contribution is -0.155. The number of aromatic amines is 1. The molecule has 2 aliphatic rings. The number of aromatic nitrogens is 1. The predicted molar refractivity (Wildman–Crippen MR) is 96.3 cm³/mol. The average molecular weight is 371 g/mol. The number of hydrogen-bond donors (Lipinski definition) is 2. The molecule has 2 aromatic rings. The van der Waals surface area contributed by atoms with Crippen molar-refractivity contribution in [2.45, 2.75) is 25.0 Å². The summed E-state index contributed by atoms with van der Waals surface area (Å²) in [5.74, 6) is -1.29. The number of piperazine rings is 1. The maximum atomic E-state index is 12.7. The zero-order chi connectivity index (χ0) is 19.0. The second kappa shape index (κ2) is 7.03. The Labute approximate surface area is 155 Å². The van der Waals surface area contributed by atoms with Crippen LogP contribution < -0.4 is 0 Å². The van der Waals surface area contributed by atoms with E-state index < -0.39 is 18.2 Å². The maximum absolute atomic E-state index is 12.7. The SMILES string of the molecule is O=C(O)[C@H]1CC[C@@H](C(=O)N2CCN(C(=O)c3cc4ccccc4[nH]3)CC2)O1. The van der Waals surface area contributed by atoms with Crippen LogP contribution in [-0.4, -0.2) is 76.1 Å². The number of rotatable bonds is 3. The molecule has 8 heteroatoms. The minimum Gasteiger partial charge on any atom is -0.479 e. The molecule has 2 atom stereocenters. The number of carboxylic acids is 1. The topological polar surface area (TPSA) is 103 Å². The van der Waals surface area contributed by atoms with Crippen molar-refractivity contribution in [3.63, 3.8) is 0 Å². The molecule has 0 bridgehead atoms. The summed E-state index contributed by atoms with van der Waals surface area (Å²) in [5.41, 5.74) is 1.46. The summed E-state index contributed by atoms with van der Waals surface area (Å²) >= 11 is 0. The molecular formula is C19H21N3O5. The zero-order valence-corrected chi connectivity index (χ0v) is 14.8. The number of aliphatic carboxylic acids is 1. The van der Waals surface area contributed by atoms with Gasteiger partial charge in [-0.25, -0.2) is 4.79 Å². The molecule has 1 aromatic carbocycles. The average Bonchev–Trinajstić information content (AvgIpc) is 3.34. The van der Waals surface area contributed by atoms with Gasteiger partial charge < -0.3 is 24.6 Å². The summed E-state index contributed by atoms with van der Waals surface area (Å²) in [7, 11) is 0. The van der Waals surface area contributed by atoms with Crippen LogP contribution in [0.1, 0.15) is 23.3 Å². The molecule has 4 rings (SSSR count). The standard InChI is InChI=1S/C19H21N3O5/c23-17(14-11-12-3-1-2-4-13(12)20-14)21-7-9-22(10-8-21)18(24)15-5-6-16(27-15)19(25)26/h1-4,11,15-16,20H,5-10H2,(H,25,26)/t15-,16+/m0/s1. The van der Waals surface area contributed by atoms with Gasteiger partial charge in [-0.05, 0) is 25.0 Å². The highest BCUT2D eigenvalue weighted by Gasteiger charge is 2.38.